The second-order valence-electron chi connectivity index (χ2n) is 7.13. The minimum atomic E-state index is 0.198. The van der Waals surface area contributed by atoms with Crippen molar-refractivity contribution in [2.45, 2.75) is 41.0 Å². The maximum absolute atomic E-state index is 5.77. The van der Waals surface area contributed by atoms with Crippen molar-refractivity contribution in [3.63, 3.8) is 0 Å². The second kappa shape index (κ2) is 8.92. The first kappa shape index (κ1) is 19.5. The Balaban J connectivity index is 2.78. The van der Waals surface area contributed by atoms with Gasteiger partial charge in [-0.05, 0) is 36.8 Å². The van der Waals surface area contributed by atoms with Crippen LogP contribution in [-0.2, 0) is 11.2 Å². The molecule has 0 atom stereocenters. The van der Waals surface area contributed by atoms with E-state index in [4.69, 9.17) is 9.47 Å². The average molecular weight is 320 g/mol. The van der Waals surface area contributed by atoms with Crippen molar-refractivity contribution >= 4 is 12.0 Å². The molecule has 0 amide bonds. The molecule has 4 nitrogen and oxygen atoms in total. The molecule has 0 aliphatic rings. The van der Waals surface area contributed by atoms with Crippen LogP contribution in [0.5, 0.6) is 5.75 Å². The molecule has 1 aromatic rings. The molecular formula is C19H32N2O2. The minimum Gasteiger partial charge on any atom is -0.496 e. The summed E-state index contributed by atoms with van der Waals surface area (Å²) >= 11 is 0. The lowest BCUT2D eigenvalue weighted by Gasteiger charge is -2.18. The SMILES string of the molecule is CCN(C)/C=N/c1cc(OC)c(CCOCC(C)(C)C)cc1C. The summed E-state index contributed by atoms with van der Waals surface area (Å²) in [7, 11) is 3.72. The van der Waals surface area contributed by atoms with Gasteiger partial charge in [-0.1, -0.05) is 26.8 Å². The van der Waals surface area contributed by atoms with E-state index in [-0.39, 0.29) is 5.41 Å². The summed E-state index contributed by atoms with van der Waals surface area (Å²) in [6, 6.07) is 4.16. The Labute approximate surface area is 141 Å². The van der Waals surface area contributed by atoms with E-state index < -0.39 is 0 Å². The van der Waals surface area contributed by atoms with E-state index >= 15 is 0 Å². The van der Waals surface area contributed by atoms with Crippen LogP contribution in [0.1, 0.15) is 38.8 Å². The highest BCUT2D eigenvalue weighted by molar-refractivity contribution is 5.64. The van der Waals surface area contributed by atoms with E-state index in [1.165, 1.54) is 5.56 Å². The Morgan fingerprint density at radius 3 is 2.52 bits per heavy atom. The van der Waals surface area contributed by atoms with Gasteiger partial charge in [0.1, 0.15) is 5.75 Å². The normalized spacial score (nSPS) is 12.0. The Hall–Kier alpha value is -1.55. The minimum absolute atomic E-state index is 0.198. The number of ether oxygens (including phenoxy) is 2. The third-order valence-electron chi connectivity index (χ3n) is 3.54. The molecule has 0 bridgehead atoms. The van der Waals surface area contributed by atoms with Gasteiger partial charge >= 0.3 is 0 Å². The molecule has 0 aliphatic heterocycles. The third-order valence-corrected chi connectivity index (χ3v) is 3.54. The average Bonchev–Trinajstić information content (AvgIpc) is 2.49. The van der Waals surface area contributed by atoms with Crippen molar-refractivity contribution in [1.82, 2.24) is 4.90 Å². The molecule has 0 radical (unpaired) electrons. The zero-order valence-electron chi connectivity index (χ0n) is 15.8. The predicted molar refractivity (Wildman–Crippen MR) is 98.2 cm³/mol. The molecule has 0 fully saturated rings. The number of benzene rings is 1. The Kier molecular flexibility index (Phi) is 7.56. The summed E-state index contributed by atoms with van der Waals surface area (Å²) in [6.45, 7) is 13.1. The molecule has 23 heavy (non-hydrogen) atoms. The smallest absolute Gasteiger partial charge is 0.124 e. The van der Waals surface area contributed by atoms with Crippen molar-refractivity contribution in [3.8, 4) is 5.75 Å². The fraction of sp³-hybridized carbons (Fsp3) is 0.632. The largest absolute Gasteiger partial charge is 0.496 e. The molecule has 0 N–H and O–H groups in total. The molecule has 0 aromatic heterocycles. The highest BCUT2D eigenvalue weighted by Gasteiger charge is 2.11. The van der Waals surface area contributed by atoms with Gasteiger partial charge in [0.25, 0.3) is 0 Å². The van der Waals surface area contributed by atoms with Crippen LogP contribution in [0.4, 0.5) is 5.69 Å². The van der Waals surface area contributed by atoms with E-state index in [0.29, 0.717) is 6.61 Å². The van der Waals surface area contributed by atoms with Crippen molar-refractivity contribution in [1.29, 1.82) is 0 Å². The van der Waals surface area contributed by atoms with Crippen LogP contribution in [0.3, 0.4) is 0 Å². The van der Waals surface area contributed by atoms with Crippen molar-refractivity contribution < 1.29 is 9.47 Å². The second-order valence-corrected chi connectivity index (χ2v) is 7.13. The van der Waals surface area contributed by atoms with Gasteiger partial charge in [0.15, 0.2) is 0 Å². The highest BCUT2D eigenvalue weighted by atomic mass is 16.5. The maximum atomic E-state index is 5.77. The van der Waals surface area contributed by atoms with Crippen LogP contribution in [0, 0.1) is 12.3 Å². The number of hydrogen-bond donors (Lipinski definition) is 0. The lowest BCUT2D eigenvalue weighted by atomic mass is 9.99. The fourth-order valence-electron chi connectivity index (χ4n) is 2.06. The van der Waals surface area contributed by atoms with Crippen LogP contribution in [0.2, 0.25) is 0 Å². The summed E-state index contributed by atoms with van der Waals surface area (Å²) in [5.74, 6) is 0.876. The van der Waals surface area contributed by atoms with Gasteiger partial charge in [-0.25, -0.2) is 4.99 Å². The number of rotatable bonds is 8. The molecule has 1 aromatic carbocycles. The van der Waals surface area contributed by atoms with Crippen LogP contribution >= 0.6 is 0 Å². The van der Waals surface area contributed by atoms with Gasteiger partial charge in [-0.2, -0.15) is 0 Å². The molecule has 0 saturated carbocycles. The Morgan fingerprint density at radius 1 is 1.26 bits per heavy atom. The summed E-state index contributed by atoms with van der Waals surface area (Å²) in [6.07, 6.45) is 2.70. The molecule has 130 valence electrons. The quantitative estimate of drug-likeness (QED) is 0.408. The van der Waals surface area contributed by atoms with Crippen LogP contribution in [0.15, 0.2) is 17.1 Å². The summed E-state index contributed by atoms with van der Waals surface area (Å²) in [5.41, 5.74) is 3.46. The topological polar surface area (TPSA) is 34.1 Å². The fourth-order valence-corrected chi connectivity index (χ4v) is 2.06. The maximum Gasteiger partial charge on any atom is 0.124 e. The van der Waals surface area contributed by atoms with Gasteiger partial charge in [-0.3, -0.25) is 0 Å². The van der Waals surface area contributed by atoms with Gasteiger partial charge in [0.05, 0.1) is 32.3 Å². The summed E-state index contributed by atoms with van der Waals surface area (Å²) in [4.78, 5) is 6.59. The molecule has 1 rings (SSSR count). The Morgan fingerprint density at radius 2 is 1.96 bits per heavy atom. The summed E-state index contributed by atoms with van der Waals surface area (Å²) < 4.78 is 11.3. The predicted octanol–water partition coefficient (Wildman–Crippen LogP) is 4.22. The van der Waals surface area contributed by atoms with E-state index in [1.54, 1.807) is 7.11 Å². The van der Waals surface area contributed by atoms with E-state index in [0.717, 1.165) is 36.6 Å². The molecular weight excluding hydrogens is 288 g/mol. The molecule has 0 aliphatic carbocycles. The first-order chi connectivity index (χ1) is 10.8. The van der Waals surface area contributed by atoms with Gasteiger partial charge in [-0.15, -0.1) is 0 Å². The van der Waals surface area contributed by atoms with Crippen molar-refractivity contribution in [2.75, 3.05) is 33.9 Å². The summed E-state index contributed by atoms with van der Waals surface area (Å²) in [5, 5.41) is 0. The molecule has 0 unspecified atom stereocenters. The zero-order chi connectivity index (χ0) is 17.5. The number of aryl methyl sites for hydroxylation is 1. The van der Waals surface area contributed by atoms with E-state index in [9.17, 15) is 0 Å². The monoisotopic (exact) mass is 320 g/mol. The van der Waals surface area contributed by atoms with E-state index in [2.05, 4.69) is 45.7 Å². The molecule has 0 saturated heterocycles. The van der Waals surface area contributed by atoms with Crippen molar-refractivity contribution in [2.24, 2.45) is 10.4 Å². The number of aliphatic imine (C=N–C) groups is 1. The van der Waals surface area contributed by atoms with Gasteiger partial charge in [0, 0.05) is 19.7 Å². The highest BCUT2D eigenvalue weighted by Crippen LogP contribution is 2.29. The number of methoxy groups -OCH3 is 1. The lowest BCUT2D eigenvalue weighted by molar-refractivity contribution is 0.0731. The molecule has 0 spiro atoms. The van der Waals surface area contributed by atoms with Gasteiger partial charge < -0.3 is 14.4 Å². The van der Waals surface area contributed by atoms with E-state index in [1.807, 2.05) is 24.4 Å². The standard InChI is InChI=1S/C19H32N2O2/c1-8-21(6)14-20-17-12-18(22-7)16(11-15(17)2)9-10-23-13-19(3,4)5/h11-12,14H,8-10,13H2,1-7H3/b20-14+. The van der Waals surface area contributed by atoms with Crippen molar-refractivity contribution in [3.05, 3.63) is 23.3 Å². The van der Waals surface area contributed by atoms with Gasteiger partial charge in [0.2, 0.25) is 0 Å². The molecule has 0 heterocycles. The first-order valence-electron chi connectivity index (χ1n) is 8.26. The zero-order valence-corrected chi connectivity index (χ0v) is 15.8. The number of nitrogens with zero attached hydrogens (tertiary/aromatic N) is 2. The van der Waals surface area contributed by atoms with Crippen LogP contribution in [0.25, 0.3) is 0 Å². The number of hydrogen-bond acceptors (Lipinski definition) is 3. The first-order valence-corrected chi connectivity index (χ1v) is 8.26. The third kappa shape index (κ3) is 7.04. The Bertz CT molecular complexity index is 519. The van der Waals surface area contributed by atoms with Crippen LogP contribution in [-0.4, -0.2) is 45.2 Å². The lowest BCUT2D eigenvalue weighted by Crippen LogP contribution is -2.16. The molecule has 4 heteroatoms. The van der Waals surface area contributed by atoms with Crippen LogP contribution < -0.4 is 4.74 Å².